The summed E-state index contributed by atoms with van der Waals surface area (Å²) in [5.41, 5.74) is 0. The van der Waals surface area contributed by atoms with Gasteiger partial charge in [0, 0.05) is 6.42 Å². The van der Waals surface area contributed by atoms with E-state index in [1.807, 2.05) is 13.0 Å². The summed E-state index contributed by atoms with van der Waals surface area (Å²) in [6.45, 7) is 1.82. The van der Waals surface area contributed by atoms with Gasteiger partial charge in [-0.3, -0.25) is 0 Å². The lowest BCUT2D eigenvalue weighted by Gasteiger charge is -1.47. The molecule has 0 radical (unpaired) electrons. The fourth-order valence-electron chi connectivity index (χ4n) is 0. The predicted octanol–water partition coefficient (Wildman–Crippen LogP) is 0.978. The molecule has 30 valence electrons. The molecule has 0 N–H and O–H groups in total. The van der Waals surface area contributed by atoms with Crippen molar-refractivity contribution < 1.29 is 0 Å². The van der Waals surface area contributed by atoms with Crippen LogP contribution in [0.4, 0.5) is 0 Å². The Bertz CT molecular complexity index is 36.6. The van der Waals surface area contributed by atoms with Crippen LogP contribution < -0.4 is 0 Å². The first-order valence-corrected chi connectivity index (χ1v) is 1.28. The van der Waals surface area contributed by atoms with Crippen molar-refractivity contribution in [1.82, 2.24) is 0 Å². The molecule has 0 aromatic carbocycles. The number of nitrogens with zero attached hydrogens (tertiary/aromatic N) is 1. The Morgan fingerprint density at radius 1 is 1.80 bits per heavy atom. The van der Waals surface area contributed by atoms with Crippen molar-refractivity contribution >= 4 is 9.90 Å². The first kappa shape index (κ1) is 8.87. The zero-order valence-electron chi connectivity index (χ0n) is 3.36. The SMILES string of the molecule is CCC#N.P. The Morgan fingerprint density at radius 3 is 2.00 bits per heavy atom. The van der Waals surface area contributed by atoms with E-state index < -0.39 is 0 Å². The van der Waals surface area contributed by atoms with E-state index in [4.69, 9.17) is 5.26 Å². The molecule has 0 aromatic rings. The van der Waals surface area contributed by atoms with Crippen molar-refractivity contribution in [3.05, 3.63) is 0 Å². The lowest BCUT2D eigenvalue weighted by molar-refractivity contribution is 1.22. The van der Waals surface area contributed by atoms with Gasteiger partial charge in [-0.2, -0.15) is 15.2 Å². The van der Waals surface area contributed by atoms with Crippen LogP contribution in [-0.2, 0) is 0 Å². The van der Waals surface area contributed by atoms with Crippen molar-refractivity contribution in [2.75, 3.05) is 0 Å². The summed E-state index contributed by atoms with van der Waals surface area (Å²) in [5.74, 6) is 0. The maximum absolute atomic E-state index is 7.62. The second-order valence-corrected chi connectivity index (χ2v) is 0.512. The molecule has 0 spiro atoms. The summed E-state index contributed by atoms with van der Waals surface area (Å²) in [6.07, 6.45) is 0.625. The van der Waals surface area contributed by atoms with Crippen LogP contribution in [0, 0.1) is 11.3 Å². The predicted molar refractivity (Wildman–Crippen MR) is 27.0 cm³/mol. The van der Waals surface area contributed by atoms with E-state index in [1.165, 1.54) is 0 Å². The molecule has 0 aliphatic rings. The standard InChI is InChI=1S/C3H5N.H3P/c1-2-3-4;/h2H2,1H3;1H3. The lowest BCUT2D eigenvalue weighted by Crippen LogP contribution is -1.38. The van der Waals surface area contributed by atoms with Crippen LogP contribution in [0.3, 0.4) is 0 Å². The molecule has 0 aliphatic carbocycles. The quantitative estimate of drug-likeness (QED) is 0.406. The summed E-state index contributed by atoms with van der Waals surface area (Å²) in [6, 6.07) is 1.93. The Morgan fingerprint density at radius 2 is 2.00 bits per heavy atom. The van der Waals surface area contributed by atoms with Gasteiger partial charge in [0.15, 0.2) is 0 Å². The minimum Gasteiger partial charge on any atom is -0.198 e. The van der Waals surface area contributed by atoms with Gasteiger partial charge in [-0.1, -0.05) is 6.92 Å². The number of hydrogen-bond donors (Lipinski definition) is 0. The third-order valence-electron chi connectivity index (χ3n) is 0.158. The van der Waals surface area contributed by atoms with E-state index in [0.717, 1.165) is 0 Å². The summed E-state index contributed by atoms with van der Waals surface area (Å²) < 4.78 is 0. The second kappa shape index (κ2) is 9.07. The van der Waals surface area contributed by atoms with E-state index in [1.54, 1.807) is 0 Å². The Labute approximate surface area is 35.6 Å². The van der Waals surface area contributed by atoms with Crippen molar-refractivity contribution in [3.63, 3.8) is 0 Å². The van der Waals surface area contributed by atoms with Gasteiger partial charge in [0.05, 0.1) is 6.07 Å². The first-order chi connectivity index (χ1) is 1.91. The summed E-state index contributed by atoms with van der Waals surface area (Å²) in [4.78, 5) is 0. The van der Waals surface area contributed by atoms with Gasteiger partial charge in [0.25, 0.3) is 0 Å². The van der Waals surface area contributed by atoms with Gasteiger partial charge in [-0.05, 0) is 0 Å². The maximum Gasteiger partial charge on any atom is 0.0618 e. The molecule has 0 fully saturated rings. The van der Waals surface area contributed by atoms with Crippen LogP contribution in [0.5, 0.6) is 0 Å². The molecule has 0 bridgehead atoms. The molecule has 0 aliphatic heterocycles. The van der Waals surface area contributed by atoms with Crippen molar-refractivity contribution in [2.45, 2.75) is 13.3 Å². The fraction of sp³-hybridized carbons (Fsp3) is 0.667. The minimum atomic E-state index is 0. The maximum atomic E-state index is 7.62. The van der Waals surface area contributed by atoms with E-state index in [0.29, 0.717) is 6.42 Å². The van der Waals surface area contributed by atoms with Gasteiger partial charge >= 0.3 is 0 Å². The average Bonchev–Trinajstić information content (AvgIpc) is 1.37. The topological polar surface area (TPSA) is 23.8 Å². The number of hydrogen-bond acceptors (Lipinski definition) is 1. The van der Waals surface area contributed by atoms with Gasteiger partial charge in [-0.25, -0.2) is 0 Å². The van der Waals surface area contributed by atoms with Crippen LogP contribution in [0.2, 0.25) is 0 Å². The van der Waals surface area contributed by atoms with Gasteiger partial charge in [0.2, 0.25) is 0 Å². The molecule has 5 heavy (non-hydrogen) atoms. The van der Waals surface area contributed by atoms with Crippen LogP contribution in [0.15, 0.2) is 0 Å². The molecule has 0 amide bonds. The smallest absolute Gasteiger partial charge is 0.0618 e. The largest absolute Gasteiger partial charge is 0.198 e. The summed E-state index contributed by atoms with van der Waals surface area (Å²) >= 11 is 0. The Kier molecular flexibility index (Phi) is 16.1. The Hall–Kier alpha value is -0.0800. The third-order valence-corrected chi connectivity index (χ3v) is 0.158. The zero-order valence-corrected chi connectivity index (χ0v) is 4.78. The van der Waals surface area contributed by atoms with E-state index in [9.17, 15) is 0 Å². The molecule has 0 aromatic heterocycles. The van der Waals surface area contributed by atoms with Crippen LogP contribution in [0.25, 0.3) is 0 Å². The molecule has 1 atom stereocenters. The molecule has 0 heterocycles. The van der Waals surface area contributed by atoms with E-state index >= 15 is 0 Å². The highest BCUT2D eigenvalue weighted by Gasteiger charge is 1.49. The van der Waals surface area contributed by atoms with Gasteiger partial charge in [-0.15, -0.1) is 0 Å². The van der Waals surface area contributed by atoms with Crippen molar-refractivity contribution in [1.29, 1.82) is 5.26 Å². The molecular weight excluding hydrogens is 81.0 g/mol. The number of nitriles is 1. The molecule has 0 saturated carbocycles. The van der Waals surface area contributed by atoms with Crippen molar-refractivity contribution in [3.8, 4) is 6.07 Å². The first-order valence-electron chi connectivity index (χ1n) is 1.28. The van der Waals surface area contributed by atoms with Gasteiger partial charge < -0.3 is 0 Å². The lowest BCUT2D eigenvalue weighted by atomic mass is 10.6. The molecular formula is C3H8NP. The van der Waals surface area contributed by atoms with Crippen LogP contribution >= 0.6 is 9.90 Å². The minimum absolute atomic E-state index is 0. The third kappa shape index (κ3) is 17.1. The molecule has 0 saturated heterocycles. The summed E-state index contributed by atoms with van der Waals surface area (Å²) in [5, 5.41) is 7.62. The summed E-state index contributed by atoms with van der Waals surface area (Å²) in [7, 11) is 0. The zero-order chi connectivity index (χ0) is 3.41. The van der Waals surface area contributed by atoms with Crippen molar-refractivity contribution in [2.24, 2.45) is 0 Å². The van der Waals surface area contributed by atoms with Crippen LogP contribution in [0.1, 0.15) is 13.3 Å². The normalized spacial score (nSPS) is 4.00. The molecule has 0 rings (SSSR count). The van der Waals surface area contributed by atoms with Gasteiger partial charge in [0.1, 0.15) is 0 Å². The second-order valence-electron chi connectivity index (χ2n) is 0.512. The molecule has 1 nitrogen and oxygen atoms in total. The van der Waals surface area contributed by atoms with E-state index in [2.05, 4.69) is 0 Å². The van der Waals surface area contributed by atoms with E-state index in [-0.39, 0.29) is 9.90 Å². The monoisotopic (exact) mass is 89.0 g/mol. The highest BCUT2D eigenvalue weighted by Crippen LogP contribution is 1.58. The fourth-order valence-corrected chi connectivity index (χ4v) is 0. The molecule has 2 heteroatoms. The number of rotatable bonds is 0. The molecule has 1 unspecified atom stereocenters. The highest BCUT2D eigenvalue weighted by molar-refractivity contribution is 6.92. The van der Waals surface area contributed by atoms with Crippen LogP contribution in [-0.4, -0.2) is 0 Å². The Balaban J connectivity index is 0. The highest BCUT2D eigenvalue weighted by atomic mass is 31.0. The average molecular weight is 89.1 g/mol.